The number of carboxylic acid groups (broad SMARTS) is 1. The third-order valence-electron chi connectivity index (χ3n) is 20.4. The van der Waals surface area contributed by atoms with E-state index in [0.29, 0.717) is 37.7 Å². The Kier molecular flexibility index (Phi) is 51.6. The van der Waals surface area contributed by atoms with Gasteiger partial charge in [-0.25, -0.2) is 4.79 Å². The first-order valence-corrected chi connectivity index (χ1v) is 41.5. The summed E-state index contributed by atoms with van der Waals surface area (Å²) in [7, 11) is 0. The Hall–Kier alpha value is -10.8. The maximum Gasteiger partial charge on any atom is 0.326 e. The quantitative estimate of drug-likeness (QED) is 0.0269. The minimum absolute atomic E-state index is 0.0418. The van der Waals surface area contributed by atoms with Crippen LogP contribution in [0.2, 0.25) is 0 Å². The van der Waals surface area contributed by atoms with Gasteiger partial charge in [0.05, 0.1) is 44.9 Å². The first-order valence-electron chi connectivity index (χ1n) is 41.5. The van der Waals surface area contributed by atoms with Gasteiger partial charge in [-0.3, -0.25) is 81.5 Å². The largest absolute Gasteiger partial charge is 0.508 e. The van der Waals surface area contributed by atoms with E-state index in [0.717, 1.165) is 13.8 Å². The SMILES string of the molecule is CC[C@H](C)[C@H](NC(=O)[C@H](CO)NC(=O)[C@@H](NC(=O)[C@@H](NC(=O)[C@@H](NC(=O)[C@H](CCCCN)NC(=O)[C@H](CCCCN)NC(=O)CNC(=O)[C@H](CC(N)=O)NC(=O)[C@@H](NC(=O)[C@H](CO)NC(=O)[C@@H](NC(=O)[C@@H](NC(=O)[C@H](Cc1ccc(O)cc1)NC(=O)[C@H](CCCCN)NC(=O)CNC(C)=O)[C@@H](C)O)C(C)C)[C@@H](C)CC)[C@@H](C)CC)[C@@H](C)O)C(C)C)C(=O)O. The fraction of sp³-hybridized carbons (Fsp3) is 0.696. The molecule has 17 amide bonds. The number of aromatic hydroxyl groups is 1. The number of nitrogens with two attached hydrogens (primary N) is 4. The van der Waals surface area contributed by atoms with Gasteiger partial charge in [-0.2, -0.15) is 0 Å². The van der Waals surface area contributed by atoms with E-state index >= 15 is 0 Å². The van der Waals surface area contributed by atoms with Crippen LogP contribution in [0.5, 0.6) is 5.75 Å². The van der Waals surface area contributed by atoms with E-state index in [1.165, 1.54) is 65.8 Å². The van der Waals surface area contributed by atoms with Gasteiger partial charge in [0.25, 0.3) is 0 Å². The van der Waals surface area contributed by atoms with Gasteiger partial charge in [-0.05, 0) is 139 Å². The molecule has 30 N–H and O–H groups in total. The average Bonchev–Trinajstić information content (AvgIpc) is 0.863. The zero-order valence-corrected chi connectivity index (χ0v) is 72.6. The molecule has 0 aliphatic carbocycles. The molecule has 1 rings (SSSR count). The van der Waals surface area contributed by atoms with E-state index in [1.54, 1.807) is 34.6 Å². The van der Waals surface area contributed by atoms with Crippen molar-refractivity contribution in [3.8, 4) is 5.75 Å². The van der Waals surface area contributed by atoms with Crippen molar-refractivity contribution in [1.29, 1.82) is 0 Å². The van der Waals surface area contributed by atoms with Crippen molar-refractivity contribution in [2.75, 3.05) is 45.9 Å². The number of nitrogens with one attached hydrogen (secondary N) is 16. The van der Waals surface area contributed by atoms with Crippen LogP contribution in [0.1, 0.15) is 179 Å². The van der Waals surface area contributed by atoms with Gasteiger partial charge < -0.3 is 139 Å². The molecule has 0 aliphatic heterocycles. The van der Waals surface area contributed by atoms with Gasteiger partial charge in [0.2, 0.25) is 100 Å². The molecular formula is C79H136N20O24. The number of phenols is 1. The van der Waals surface area contributed by atoms with Crippen molar-refractivity contribution in [1.82, 2.24) is 85.1 Å². The van der Waals surface area contributed by atoms with Crippen LogP contribution in [0.3, 0.4) is 0 Å². The zero-order chi connectivity index (χ0) is 93.7. The predicted molar refractivity (Wildman–Crippen MR) is 446 cm³/mol. The number of aliphatic hydroxyl groups is 4. The highest BCUT2D eigenvalue weighted by Gasteiger charge is 2.41. The smallest absolute Gasteiger partial charge is 0.326 e. The maximum absolute atomic E-state index is 14.5. The van der Waals surface area contributed by atoms with Crippen LogP contribution in [-0.2, 0) is 92.7 Å². The van der Waals surface area contributed by atoms with Gasteiger partial charge in [-0.15, -0.1) is 0 Å². The Labute approximate surface area is 716 Å². The third kappa shape index (κ3) is 39.9. The monoisotopic (exact) mass is 1750 g/mol. The minimum atomic E-state index is -1.88. The fourth-order valence-corrected chi connectivity index (χ4v) is 12.2. The summed E-state index contributed by atoms with van der Waals surface area (Å²) < 4.78 is 0. The van der Waals surface area contributed by atoms with Crippen LogP contribution in [0.4, 0.5) is 0 Å². The van der Waals surface area contributed by atoms with Crippen LogP contribution in [0.15, 0.2) is 24.3 Å². The molecule has 0 bridgehead atoms. The van der Waals surface area contributed by atoms with E-state index in [1.807, 2.05) is 0 Å². The molecule has 0 saturated carbocycles. The summed E-state index contributed by atoms with van der Waals surface area (Å²) in [6.45, 7) is 16.2. The molecule has 0 heterocycles. The molecule has 0 fully saturated rings. The number of aliphatic carboxylic acids is 1. The van der Waals surface area contributed by atoms with Gasteiger partial charge in [0, 0.05) is 13.3 Å². The second kappa shape index (κ2) is 57.5. The molecule has 1 aromatic rings. The maximum atomic E-state index is 14.5. The number of aliphatic hydroxyl groups excluding tert-OH is 4. The van der Waals surface area contributed by atoms with Gasteiger partial charge >= 0.3 is 5.97 Å². The highest BCUT2D eigenvalue weighted by molar-refractivity contribution is 6.01. The number of hydrogen-bond donors (Lipinski definition) is 26. The Bertz CT molecular complexity index is 3650. The number of hydrogen-bond acceptors (Lipinski definition) is 26. The predicted octanol–water partition coefficient (Wildman–Crippen LogP) is -7.48. The van der Waals surface area contributed by atoms with E-state index in [9.17, 15) is 117 Å². The lowest BCUT2D eigenvalue weighted by Gasteiger charge is -2.31. The van der Waals surface area contributed by atoms with Gasteiger partial charge in [0.1, 0.15) is 90.3 Å². The highest BCUT2D eigenvalue weighted by atomic mass is 16.4. The first-order chi connectivity index (χ1) is 57.8. The van der Waals surface area contributed by atoms with E-state index < -0.39 is 265 Å². The number of unbranched alkanes of at least 4 members (excludes halogenated alkanes) is 3. The fourth-order valence-electron chi connectivity index (χ4n) is 12.2. The number of carbonyl (C=O) groups excluding carboxylic acids is 17. The van der Waals surface area contributed by atoms with Crippen LogP contribution in [0.25, 0.3) is 0 Å². The molecule has 696 valence electrons. The second-order valence-corrected chi connectivity index (χ2v) is 31.3. The molecule has 0 aromatic heterocycles. The van der Waals surface area contributed by atoms with Gasteiger partial charge in [0.15, 0.2) is 0 Å². The van der Waals surface area contributed by atoms with Crippen molar-refractivity contribution in [3.05, 3.63) is 29.8 Å². The molecule has 1 aromatic carbocycles. The number of carbonyl (C=O) groups is 18. The summed E-state index contributed by atoms with van der Waals surface area (Å²) in [5.74, 6) is -22.1. The molecule has 0 radical (unpaired) electrons. The van der Waals surface area contributed by atoms with Crippen LogP contribution in [0, 0.1) is 29.6 Å². The standard InChI is InChI=1S/C79H136N20O24/c1-14-41(8)61(96-71(114)54(37-100)91-73(116)59(39(4)5)93-77(120)64(44(11)102)98-70(113)52(33-47-26-28-48(105)29-27-47)89-68(111)50(24-18-21-31-81)86-57(107)35-84-46(13)104)75(118)90-53(34-56(83)106)66(109)85-36-58(108)87-49(23-17-20-30-80)67(110)88-51(25-19-22-32-82)69(112)95-62(42(9)15-2)76(119)99-65(45(12)103)78(121)94-60(40(6)7)74(117)92-55(38-101)72(115)97-63(79(122)123)43(10)16-3/h26-29,39-45,49-55,59-65,100-103,105H,14-25,30-38,80-82H2,1-13H3,(H2,83,106)(H,84,104)(H,85,109)(H,86,107)(H,87,108)(H,88,110)(H,89,111)(H,90,118)(H,91,116)(H,92,117)(H,93,120)(H,94,121)(H,95,112)(H,96,114)(H,97,115)(H,98,113)(H,99,119)(H,122,123)/t41-,42-,43-,44+,45+,49-,50-,51-,52-,53-,54-,55-,59-,60-,61-,62-,63-,64-,65-/m0/s1. The summed E-state index contributed by atoms with van der Waals surface area (Å²) >= 11 is 0. The van der Waals surface area contributed by atoms with Crippen molar-refractivity contribution in [2.24, 2.45) is 52.5 Å². The summed E-state index contributed by atoms with van der Waals surface area (Å²) in [6, 6.07) is -16.8. The van der Waals surface area contributed by atoms with Crippen molar-refractivity contribution in [2.45, 2.75) is 277 Å². The summed E-state index contributed by atoms with van der Waals surface area (Å²) in [6.07, 6.45) is -2.00. The van der Waals surface area contributed by atoms with Gasteiger partial charge in [-0.1, -0.05) is 101 Å². The molecular weight excluding hydrogens is 1610 g/mol. The molecule has 0 unspecified atom stereocenters. The average molecular weight is 1750 g/mol. The topological polar surface area (TPSA) is 725 Å². The number of benzene rings is 1. The zero-order valence-electron chi connectivity index (χ0n) is 72.6. The Morgan fingerprint density at radius 3 is 1.00 bits per heavy atom. The summed E-state index contributed by atoms with van der Waals surface area (Å²) in [5, 5.41) is 101. The Morgan fingerprint density at radius 2 is 0.642 bits per heavy atom. The number of carboxylic acids is 1. The highest BCUT2D eigenvalue weighted by Crippen LogP contribution is 2.18. The van der Waals surface area contributed by atoms with E-state index in [4.69, 9.17) is 22.9 Å². The van der Waals surface area contributed by atoms with E-state index in [2.05, 4.69) is 85.1 Å². The lowest BCUT2D eigenvalue weighted by Crippen LogP contribution is -2.63. The van der Waals surface area contributed by atoms with Crippen LogP contribution in [-0.4, -0.2) is 280 Å². The molecule has 19 atom stereocenters. The minimum Gasteiger partial charge on any atom is -0.508 e. The third-order valence-corrected chi connectivity index (χ3v) is 20.4. The second-order valence-electron chi connectivity index (χ2n) is 31.3. The number of phenolic OH excluding ortho intramolecular Hbond substituents is 1. The number of rotatable bonds is 60. The molecule has 0 saturated heterocycles. The van der Waals surface area contributed by atoms with Crippen molar-refractivity contribution < 1.29 is 117 Å². The number of amides is 17. The molecule has 0 spiro atoms. The molecule has 44 heteroatoms. The number of primary amides is 1. The lowest BCUT2D eigenvalue weighted by molar-refractivity contribution is -0.144. The van der Waals surface area contributed by atoms with Crippen molar-refractivity contribution >= 4 is 106 Å². The Morgan fingerprint density at radius 1 is 0.350 bits per heavy atom. The molecule has 44 nitrogen and oxygen atoms in total. The van der Waals surface area contributed by atoms with Crippen LogP contribution >= 0.6 is 0 Å². The van der Waals surface area contributed by atoms with E-state index in [-0.39, 0.29) is 76.8 Å². The Balaban J connectivity index is 3.50. The normalized spacial score (nSPS) is 15.9. The van der Waals surface area contributed by atoms with Crippen molar-refractivity contribution in [3.63, 3.8) is 0 Å². The molecule has 0 aliphatic rings. The summed E-state index contributed by atoms with van der Waals surface area (Å²) in [5.41, 5.74) is 23.2. The first kappa shape index (κ1) is 110. The summed E-state index contributed by atoms with van der Waals surface area (Å²) in [4.78, 5) is 245. The lowest BCUT2D eigenvalue weighted by atomic mass is 9.96. The molecule has 123 heavy (non-hydrogen) atoms. The van der Waals surface area contributed by atoms with Crippen LogP contribution < -0.4 is 108 Å².